The highest BCUT2D eigenvalue weighted by Crippen LogP contribution is 2.55. The summed E-state index contributed by atoms with van der Waals surface area (Å²) >= 11 is 0. The summed E-state index contributed by atoms with van der Waals surface area (Å²) in [6.07, 6.45) is 5.24. The van der Waals surface area contributed by atoms with Gasteiger partial charge in [0.2, 0.25) is 5.91 Å². The van der Waals surface area contributed by atoms with Crippen LogP contribution in [0.3, 0.4) is 0 Å². The van der Waals surface area contributed by atoms with Crippen LogP contribution in [0.15, 0.2) is 59.6 Å². The van der Waals surface area contributed by atoms with E-state index in [1.165, 1.54) is 3.97 Å². The average molecular weight is 595 g/mol. The summed E-state index contributed by atoms with van der Waals surface area (Å²) in [4.78, 5) is 15.5. The van der Waals surface area contributed by atoms with Gasteiger partial charge in [0.1, 0.15) is 0 Å². The Bertz CT molecular complexity index is 1500. The molecule has 0 spiro atoms. The van der Waals surface area contributed by atoms with E-state index < -0.39 is 18.3 Å². The van der Waals surface area contributed by atoms with Crippen LogP contribution in [0, 0.1) is 12.8 Å². The van der Waals surface area contributed by atoms with Gasteiger partial charge in [0, 0.05) is 24.7 Å². The van der Waals surface area contributed by atoms with E-state index in [9.17, 15) is 13.2 Å². The number of likely N-dealkylation sites (tertiary alicyclic amines) is 1. The van der Waals surface area contributed by atoms with Crippen molar-refractivity contribution in [1.82, 2.24) is 8.87 Å². The molecule has 0 bridgehead atoms. The third-order valence-electron chi connectivity index (χ3n) is 10.2. The van der Waals surface area contributed by atoms with E-state index in [-0.39, 0.29) is 22.3 Å². The first kappa shape index (κ1) is 30.0. The molecule has 2 fully saturated rings. The summed E-state index contributed by atoms with van der Waals surface area (Å²) in [5, 5.41) is 0.917. The number of rotatable bonds is 12. The van der Waals surface area contributed by atoms with Gasteiger partial charge in [-0.2, -0.15) is 0 Å². The number of hydrogen-bond donors (Lipinski definition) is 0. The normalized spacial score (nSPS) is 21.1. The first-order valence-electron chi connectivity index (χ1n) is 15.2. The van der Waals surface area contributed by atoms with E-state index in [4.69, 9.17) is 4.43 Å². The minimum absolute atomic E-state index is 0.103. The van der Waals surface area contributed by atoms with Crippen LogP contribution in [0.1, 0.15) is 71.9 Å². The maximum atomic E-state index is 13.6. The molecule has 1 aromatic heterocycles. The van der Waals surface area contributed by atoms with Crippen molar-refractivity contribution in [2.45, 2.75) is 101 Å². The van der Waals surface area contributed by atoms with Crippen molar-refractivity contribution in [1.29, 1.82) is 0 Å². The first-order chi connectivity index (χ1) is 19.4. The number of β-lactam (4-membered cyclic amide) rings is 1. The molecule has 41 heavy (non-hydrogen) atoms. The van der Waals surface area contributed by atoms with Gasteiger partial charge in [0.25, 0.3) is 10.0 Å². The van der Waals surface area contributed by atoms with Crippen LogP contribution in [0.2, 0.25) is 16.6 Å². The van der Waals surface area contributed by atoms with Crippen molar-refractivity contribution in [2.24, 2.45) is 5.92 Å². The fourth-order valence-electron chi connectivity index (χ4n) is 7.98. The second kappa shape index (κ2) is 11.0. The van der Waals surface area contributed by atoms with Crippen LogP contribution in [0.4, 0.5) is 0 Å². The Labute approximate surface area is 247 Å². The number of carbonyl (C=O) groups is 1. The standard InChI is InChI=1S/C33H46N2O4SSi/c1-23(2)41(24(3)4,25(5)6)39-21-19-33-18-16-30(33)32(36)34(33)20-17-27-22-35(31-11-9-8-10-29(27)31)40(37,38)28-14-12-26(7)13-15-28/h8-15,22-25,30H,16-21H2,1-7H3/t30-,33+/m0/s1. The van der Waals surface area contributed by atoms with Crippen molar-refractivity contribution < 1.29 is 17.6 Å². The number of para-hydroxylation sites is 1. The van der Waals surface area contributed by atoms with Gasteiger partial charge in [0.15, 0.2) is 8.32 Å². The number of hydrogen-bond acceptors (Lipinski definition) is 4. The molecule has 2 atom stereocenters. The van der Waals surface area contributed by atoms with Gasteiger partial charge in [-0.25, -0.2) is 12.4 Å². The Kier molecular flexibility index (Phi) is 8.07. The Morgan fingerprint density at radius 1 is 0.976 bits per heavy atom. The van der Waals surface area contributed by atoms with E-state index in [0.29, 0.717) is 41.7 Å². The number of nitrogens with zero attached hydrogens (tertiary/aromatic N) is 2. The smallest absolute Gasteiger partial charge is 0.268 e. The molecule has 2 heterocycles. The maximum absolute atomic E-state index is 13.6. The molecule has 1 saturated carbocycles. The third kappa shape index (κ3) is 4.80. The zero-order chi connectivity index (χ0) is 29.7. The van der Waals surface area contributed by atoms with Gasteiger partial charge in [0.05, 0.1) is 21.9 Å². The van der Waals surface area contributed by atoms with Crippen LogP contribution in [-0.4, -0.2) is 50.2 Å². The number of carbonyl (C=O) groups excluding carboxylic acids is 1. The van der Waals surface area contributed by atoms with Gasteiger partial charge in [-0.1, -0.05) is 77.4 Å². The number of piperidine rings is 1. The highest BCUT2D eigenvalue weighted by Gasteiger charge is 2.64. The molecule has 1 saturated heterocycles. The summed E-state index contributed by atoms with van der Waals surface area (Å²) in [5.74, 6) is 0.356. The van der Waals surface area contributed by atoms with Crippen LogP contribution in [0.25, 0.3) is 10.9 Å². The molecule has 6 nitrogen and oxygen atoms in total. The molecule has 222 valence electrons. The summed E-state index contributed by atoms with van der Waals surface area (Å²) < 4.78 is 35.5. The number of aryl methyl sites for hydroxylation is 1. The molecule has 1 amide bonds. The van der Waals surface area contributed by atoms with E-state index in [2.05, 4.69) is 46.4 Å². The van der Waals surface area contributed by atoms with Crippen molar-refractivity contribution in [3.8, 4) is 0 Å². The summed E-state index contributed by atoms with van der Waals surface area (Å²) in [7, 11) is -5.71. The van der Waals surface area contributed by atoms with Gasteiger partial charge in [-0.15, -0.1) is 0 Å². The molecular formula is C33H46N2O4SSi. The topological polar surface area (TPSA) is 68.6 Å². The second-order valence-corrected chi connectivity index (χ2v) is 20.4. The average Bonchev–Trinajstić information content (AvgIpc) is 3.28. The predicted octanol–water partition coefficient (Wildman–Crippen LogP) is 7.30. The van der Waals surface area contributed by atoms with Crippen LogP contribution >= 0.6 is 0 Å². The van der Waals surface area contributed by atoms with Gasteiger partial charge in [-0.05, 0) is 73.0 Å². The quantitative estimate of drug-likeness (QED) is 0.163. The minimum atomic E-state index is -3.75. The number of aromatic nitrogens is 1. The molecule has 0 N–H and O–H groups in total. The Morgan fingerprint density at radius 3 is 2.20 bits per heavy atom. The monoisotopic (exact) mass is 594 g/mol. The van der Waals surface area contributed by atoms with Crippen molar-refractivity contribution in [2.75, 3.05) is 13.2 Å². The van der Waals surface area contributed by atoms with Crippen molar-refractivity contribution >= 4 is 35.2 Å². The lowest BCUT2D eigenvalue weighted by Crippen LogP contribution is -2.76. The molecule has 1 aliphatic carbocycles. The number of amides is 1. The van der Waals surface area contributed by atoms with Gasteiger partial charge < -0.3 is 9.33 Å². The Morgan fingerprint density at radius 2 is 1.61 bits per heavy atom. The van der Waals surface area contributed by atoms with E-state index in [0.717, 1.165) is 35.8 Å². The van der Waals surface area contributed by atoms with E-state index in [1.807, 2.05) is 43.3 Å². The second-order valence-electron chi connectivity index (χ2n) is 13.1. The fraction of sp³-hybridized carbons (Fsp3) is 0.545. The van der Waals surface area contributed by atoms with Crippen LogP contribution in [-0.2, 0) is 25.7 Å². The van der Waals surface area contributed by atoms with Crippen molar-refractivity contribution in [3.05, 3.63) is 65.9 Å². The zero-order valence-corrected chi connectivity index (χ0v) is 27.5. The van der Waals surface area contributed by atoms with E-state index >= 15 is 0 Å². The van der Waals surface area contributed by atoms with Gasteiger partial charge in [-0.3, -0.25) is 4.79 Å². The molecule has 0 radical (unpaired) electrons. The highest BCUT2D eigenvalue weighted by atomic mass is 32.2. The Hall–Kier alpha value is -2.42. The summed E-state index contributed by atoms with van der Waals surface area (Å²) in [6.45, 7) is 17.1. The highest BCUT2D eigenvalue weighted by molar-refractivity contribution is 7.90. The number of benzene rings is 2. The summed E-state index contributed by atoms with van der Waals surface area (Å²) in [5.41, 5.74) is 4.12. The van der Waals surface area contributed by atoms with Crippen molar-refractivity contribution in [3.63, 3.8) is 0 Å². The van der Waals surface area contributed by atoms with Gasteiger partial charge >= 0.3 is 0 Å². The Balaban J connectivity index is 1.35. The molecule has 5 rings (SSSR count). The van der Waals surface area contributed by atoms with E-state index in [1.54, 1.807) is 18.3 Å². The first-order valence-corrected chi connectivity index (χ1v) is 18.8. The van der Waals surface area contributed by atoms with Crippen LogP contribution in [0.5, 0.6) is 0 Å². The lowest BCUT2D eigenvalue weighted by molar-refractivity contribution is -0.194. The minimum Gasteiger partial charge on any atom is -0.416 e. The zero-order valence-electron chi connectivity index (χ0n) is 25.7. The SMILES string of the molecule is Cc1ccc(S(=O)(=O)n2cc(CCN3C(=O)[C@@H]4CC[C@@]43CCO[Si](C(C)C)(C(C)C)C(C)C)c3ccccc32)cc1. The lowest BCUT2D eigenvalue weighted by atomic mass is 9.56. The molecule has 0 unspecified atom stereocenters. The lowest BCUT2D eigenvalue weighted by Gasteiger charge is -2.65. The maximum Gasteiger partial charge on any atom is 0.268 e. The molecule has 3 aromatic rings. The molecule has 2 aromatic carbocycles. The fourth-order valence-corrected chi connectivity index (χ4v) is 14.8. The molecule has 2 aliphatic rings. The molecule has 8 heteroatoms. The predicted molar refractivity (Wildman–Crippen MR) is 168 cm³/mol. The largest absolute Gasteiger partial charge is 0.416 e. The molecular weight excluding hydrogens is 549 g/mol. The molecule has 1 aliphatic heterocycles. The third-order valence-corrected chi connectivity index (χ3v) is 18.0. The number of fused-ring (bicyclic) bond motifs is 2. The van der Waals surface area contributed by atoms with Crippen LogP contribution < -0.4 is 0 Å². The summed E-state index contributed by atoms with van der Waals surface area (Å²) in [6, 6.07) is 14.6.